The maximum absolute atomic E-state index is 5.58. The lowest BCUT2D eigenvalue weighted by Gasteiger charge is -2.04. The number of nitrogens with zero attached hydrogens (tertiary/aromatic N) is 2. The Morgan fingerprint density at radius 1 is 1.35 bits per heavy atom. The van der Waals surface area contributed by atoms with Gasteiger partial charge in [-0.3, -0.25) is 4.68 Å². The molecule has 90 valence electrons. The van der Waals surface area contributed by atoms with Crippen LogP contribution < -0.4 is 5.73 Å². The van der Waals surface area contributed by atoms with Crippen molar-refractivity contribution >= 4 is 15.9 Å². The predicted octanol–water partition coefficient (Wildman–Crippen LogP) is 2.89. The standard InChI is InChI=1S/C13H16BrN3/c1-9-13(10(2)17(16-9)7-6-15)11-4-3-5-12(14)8-11/h3-5,8H,6-7,15H2,1-2H3. The minimum Gasteiger partial charge on any atom is -0.329 e. The van der Waals surface area contributed by atoms with Crippen LogP contribution in [0.2, 0.25) is 0 Å². The first kappa shape index (κ1) is 12.3. The number of benzene rings is 1. The second-order valence-electron chi connectivity index (χ2n) is 4.07. The fourth-order valence-corrected chi connectivity index (χ4v) is 2.50. The Balaban J connectivity index is 2.52. The van der Waals surface area contributed by atoms with Gasteiger partial charge in [0.05, 0.1) is 12.2 Å². The lowest BCUT2D eigenvalue weighted by atomic mass is 10.0. The topological polar surface area (TPSA) is 43.8 Å². The number of aromatic nitrogens is 2. The molecule has 1 heterocycles. The van der Waals surface area contributed by atoms with Crippen molar-refractivity contribution in [1.29, 1.82) is 0 Å². The minimum atomic E-state index is 0.611. The average molecular weight is 294 g/mol. The van der Waals surface area contributed by atoms with E-state index in [0.717, 1.165) is 16.7 Å². The molecule has 0 amide bonds. The van der Waals surface area contributed by atoms with Crippen molar-refractivity contribution in [2.24, 2.45) is 5.73 Å². The molecular formula is C13H16BrN3. The van der Waals surface area contributed by atoms with Crippen molar-refractivity contribution in [3.63, 3.8) is 0 Å². The van der Waals surface area contributed by atoms with Gasteiger partial charge in [0, 0.05) is 22.3 Å². The van der Waals surface area contributed by atoms with Crippen LogP contribution >= 0.6 is 15.9 Å². The van der Waals surface area contributed by atoms with Gasteiger partial charge in [0.2, 0.25) is 0 Å². The highest BCUT2D eigenvalue weighted by atomic mass is 79.9. The summed E-state index contributed by atoms with van der Waals surface area (Å²) in [4.78, 5) is 0. The number of rotatable bonds is 3. The highest BCUT2D eigenvalue weighted by molar-refractivity contribution is 9.10. The average Bonchev–Trinajstić information content (AvgIpc) is 2.55. The van der Waals surface area contributed by atoms with Gasteiger partial charge in [-0.1, -0.05) is 28.1 Å². The summed E-state index contributed by atoms with van der Waals surface area (Å²) in [6.07, 6.45) is 0. The molecule has 17 heavy (non-hydrogen) atoms. The van der Waals surface area contributed by atoms with Crippen LogP contribution in [0.25, 0.3) is 11.1 Å². The first-order valence-corrected chi connectivity index (χ1v) is 6.43. The maximum atomic E-state index is 5.58. The second-order valence-corrected chi connectivity index (χ2v) is 4.98. The molecule has 0 aliphatic rings. The Morgan fingerprint density at radius 3 is 2.76 bits per heavy atom. The number of nitrogens with two attached hydrogens (primary N) is 1. The van der Waals surface area contributed by atoms with Crippen molar-refractivity contribution in [3.8, 4) is 11.1 Å². The molecule has 0 aliphatic carbocycles. The zero-order chi connectivity index (χ0) is 12.4. The summed E-state index contributed by atoms with van der Waals surface area (Å²) in [6.45, 7) is 5.50. The number of hydrogen-bond donors (Lipinski definition) is 1. The van der Waals surface area contributed by atoms with Crippen molar-refractivity contribution in [3.05, 3.63) is 40.1 Å². The van der Waals surface area contributed by atoms with Gasteiger partial charge in [0.1, 0.15) is 0 Å². The maximum Gasteiger partial charge on any atom is 0.0674 e. The molecule has 1 aromatic heterocycles. The molecule has 0 spiro atoms. The molecule has 0 radical (unpaired) electrons. The molecular weight excluding hydrogens is 278 g/mol. The third kappa shape index (κ3) is 2.42. The molecule has 0 aliphatic heterocycles. The Bertz CT molecular complexity index is 531. The van der Waals surface area contributed by atoms with E-state index in [1.165, 1.54) is 16.8 Å². The molecule has 3 nitrogen and oxygen atoms in total. The number of halogens is 1. The van der Waals surface area contributed by atoms with Crippen LogP contribution in [0, 0.1) is 13.8 Å². The van der Waals surface area contributed by atoms with Crippen molar-refractivity contribution < 1.29 is 0 Å². The highest BCUT2D eigenvalue weighted by Gasteiger charge is 2.12. The zero-order valence-corrected chi connectivity index (χ0v) is 11.7. The van der Waals surface area contributed by atoms with E-state index in [1.54, 1.807) is 0 Å². The van der Waals surface area contributed by atoms with Crippen molar-refractivity contribution in [1.82, 2.24) is 9.78 Å². The molecule has 0 saturated heterocycles. The van der Waals surface area contributed by atoms with E-state index in [-0.39, 0.29) is 0 Å². The summed E-state index contributed by atoms with van der Waals surface area (Å²) in [5, 5.41) is 4.53. The van der Waals surface area contributed by atoms with Gasteiger partial charge in [-0.2, -0.15) is 5.10 Å². The van der Waals surface area contributed by atoms with Gasteiger partial charge in [-0.25, -0.2) is 0 Å². The summed E-state index contributed by atoms with van der Waals surface area (Å²) in [7, 11) is 0. The van der Waals surface area contributed by atoms with E-state index in [1.807, 2.05) is 23.7 Å². The van der Waals surface area contributed by atoms with Crippen LogP contribution in [0.4, 0.5) is 0 Å². The first-order chi connectivity index (χ1) is 8.13. The normalized spacial score (nSPS) is 10.8. The summed E-state index contributed by atoms with van der Waals surface area (Å²) < 4.78 is 3.06. The summed E-state index contributed by atoms with van der Waals surface area (Å²) >= 11 is 3.50. The molecule has 4 heteroatoms. The van der Waals surface area contributed by atoms with Crippen molar-refractivity contribution in [2.75, 3.05) is 6.54 Å². The van der Waals surface area contributed by atoms with Gasteiger partial charge in [0.25, 0.3) is 0 Å². The SMILES string of the molecule is Cc1nn(CCN)c(C)c1-c1cccc(Br)c1. The van der Waals surface area contributed by atoms with Gasteiger partial charge >= 0.3 is 0 Å². The molecule has 0 fully saturated rings. The molecule has 2 rings (SSSR count). The highest BCUT2D eigenvalue weighted by Crippen LogP contribution is 2.28. The van der Waals surface area contributed by atoms with Crippen LogP contribution in [-0.4, -0.2) is 16.3 Å². The molecule has 1 aromatic carbocycles. The Labute approximate surface area is 110 Å². The summed E-state index contributed by atoms with van der Waals surface area (Å²) in [5.41, 5.74) is 10.2. The second kappa shape index (κ2) is 5.02. The minimum absolute atomic E-state index is 0.611. The van der Waals surface area contributed by atoms with Crippen LogP contribution in [0.3, 0.4) is 0 Å². The smallest absolute Gasteiger partial charge is 0.0674 e. The molecule has 2 aromatic rings. The van der Waals surface area contributed by atoms with E-state index >= 15 is 0 Å². The fraction of sp³-hybridized carbons (Fsp3) is 0.308. The lowest BCUT2D eigenvalue weighted by Crippen LogP contribution is -2.12. The lowest BCUT2D eigenvalue weighted by molar-refractivity contribution is 0.604. The number of aryl methyl sites for hydroxylation is 1. The van der Waals surface area contributed by atoms with Crippen LogP contribution in [0.15, 0.2) is 28.7 Å². The van der Waals surface area contributed by atoms with E-state index in [0.29, 0.717) is 6.54 Å². The van der Waals surface area contributed by atoms with E-state index in [4.69, 9.17) is 5.73 Å². The van der Waals surface area contributed by atoms with Crippen LogP contribution in [0.5, 0.6) is 0 Å². The Hall–Kier alpha value is -1.13. The molecule has 0 saturated carbocycles. The molecule has 2 N–H and O–H groups in total. The van der Waals surface area contributed by atoms with Crippen LogP contribution in [0.1, 0.15) is 11.4 Å². The number of hydrogen-bond acceptors (Lipinski definition) is 2. The van der Waals surface area contributed by atoms with Gasteiger partial charge in [-0.15, -0.1) is 0 Å². The monoisotopic (exact) mass is 293 g/mol. The Kier molecular flexibility index (Phi) is 3.64. The zero-order valence-electron chi connectivity index (χ0n) is 10.1. The van der Waals surface area contributed by atoms with Gasteiger partial charge in [0.15, 0.2) is 0 Å². The van der Waals surface area contributed by atoms with E-state index in [9.17, 15) is 0 Å². The molecule has 0 unspecified atom stereocenters. The van der Waals surface area contributed by atoms with Gasteiger partial charge in [-0.05, 0) is 31.5 Å². The molecule has 0 bridgehead atoms. The Morgan fingerprint density at radius 2 is 2.12 bits per heavy atom. The summed E-state index contributed by atoms with van der Waals surface area (Å²) in [6, 6.07) is 8.29. The third-order valence-electron chi connectivity index (χ3n) is 2.84. The fourth-order valence-electron chi connectivity index (χ4n) is 2.10. The van der Waals surface area contributed by atoms with E-state index < -0.39 is 0 Å². The quantitative estimate of drug-likeness (QED) is 0.946. The predicted molar refractivity (Wildman–Crippen MR) is 73.9 cm³/mol. The van der Waals surface area contributed by atoms with Crippen molar-refractivity contribution in [2.45, 2.75) is 20.4 Å². The molecule has 0 atom stereocenters. The third-order valence-corrected chi connectivity index (χ3v) is 3.33. The van der Waals surface area contributed by atoms with Crippen LogP contribution in [-0.2, 0) is 6.54 Å². The first-order valence-electron chi connectivity index (χ1n) is 5.63. The largest absolute Gasteiger partial charge is 0.329 e. The van der Waals surface area contributed by atoms with Gasteiger partial charge < -0.3 is 5.73 Å². The van der Waals surface area contributed by atoms with E-state index in [2.05, 4.69) is 40.1 Å². The summed E-state index contributed by atoms with van der Waals surface area (Å²) in [5.74, 6) is 0.